The molecular weight excluding hydrogens is 210 g/mol. The molecule has 0 aromatic rings. The van der Waals surface area contributed by atoms with Crippen LogP contribution in [0.15, 0.2) is 0 Å². The highest BCUT2D eigenvalue weighted by Gasteiger charge is 2.65. The number of hydrogen-bond donors (Lipinski definition) is 3. The minimum Gasteiger partial charge on any atom is -0.481 e. The van der Waals surface area contributed by atoms with Crippen molar-refractivity contribution in [2.24, 2.45) is 17.3 Å². The molecule has 0 spiro atoms. The molecule has 16 heavy (non-hydrogen) atoms. The Morgan fingerprint density at radius 1 is 1.38 bits per heavy atom. The fraction of sp³-hybridized carbons (Fsp3) is 0.818. The average molecular weight is 229 g/mol. The number of carbonyl (C=O) groups is 2. The smallest absolute Gasteiger partial charge is 0.307 e. The zero-order chi connectivity index (χ0) is 12.5. The fourth-order valence-corrected chi connectivity index (χ4v) is 2.06. The van der Waals surface area contributed by atoms with Gasteiger partial charge in [0.05, 0.1) is 17.9 Å². The van der Waals surface area contributed by atoms with Gasteiger partial charge in [-0.25, -0.2) is 0 Å². The molecule has 0 bridgehead atoms. The van der Waals surface area contributed by atoms with Gasteiger partial charge in [-0.05, 0) is 11.8 Å². The number of amides is 1. The molecule has 0 saturated heterocycles. The number of aliphatic carboxylic acids is 1. The van der Waals surface area contributed by atoms with Crippen molar-refractivity contribution in [3.63, 3.8) is 0 Å². The standard InChI is InChI=1S/C11H19NO4/c1-4-6(13)5-12-9(14)7-8(10(15)16)11(7,2)3/h6-8,13H,4-5H2,1-3H3,(H,12,14)(H,15,16)/t6?,7-,8+/m1/s1. The molecule has 92 valence electrons. The monoisotopic (exact) mass is 229 g/mol. The molecule has 3 N–H and O–H groups in total. The maximum Gasteiger partial charge on any atom is 0.307 e. The van der Waals surface area contributed by atoms with E-state index in [0.29, 0.717) is 6.42 Å². The SMILES string of the molecule is CCC(O)CNC(=O)[C@H]1[C@@H](C(=O)O)C1(C)C. The minimum atomic E-state index is -0.929. The van der Waals surface area contributed by atoms with Crippen molar-refractivity contribution in [2.75, 3.05) is 6.54 Å². The van der Waals surface area contributed by atoms with E-state index in [1.54, 1.807) is 13.8 Å². The average Bonchev–Trinajstić information content (AvgIpc) is 2.77. The van der Waals surface area contributed by atoms with E-state index in [-0.39, 0.29) is 12.5 Å². The first kappa shape index (κ1) is 13.0. The van der Waals surface area contributed by atoms with E-state index < -0.39 is 29.3 Å². The van der Waals surface area contributed by atoms with Crippen LogP contribution in [0.25, 0.3) is 0 Å². The van der Waals surface area contributed by atoms with E-state index in [1.807, 2.05) is 6.92 Å². The number of aliphatic hydroxyl groups is 1. The van der Waals surface area contributed by atoms with Crippen molar-refractivity contribution in [1.29, 1.82) is 0 Å². The van der Waals surface area contributed by atoms with Gasteiger partial charge in [-0.1, -0.05) is 20.8 Å². The van der Waals surface area contributed by atoms with Gasteiger partial charge in [-0.3, -0.25) is 9.59 Å². The van der Waals surface area contributed by atoms with Crippen LogP contribution in [0.5, 0.6) is 0 Å². The normalized spacial score (nSPS) is 28.2. The van der Waals surface area contributed by atoms with Crippen LogP contribution in [0.4, 0.5) is 0 Å². The number of aliphatic hydroxyl groups excluding tert-OH is 1. The van der Waals surface area contributed by atoms with Crippen LogP contribution in [0.2, 0.25) is 0 Å². The van der Waals surface area contributed by atoms with Crippen molar-refractivity contribution < 1.29 is 19.8 Å². The van der Waals surface area contributed by atoms with Gasteiger partial charge in [-0.15, -0.1) is 0 Å². The van der Waals surface area contributed by atoms with Crippen LogP contribution in [0, 0.1) is 17.3 Å². The number of carboxylic acid groups (broad SMARTS) is 1. The van der Waals surface area contributed by atoms with Crippen LogP contribution in [0.1, 0.15) is 27.2 Å². The summed E-state index contributed by atoms with van der Waals surface area (Å²) >= 11 is 0. The number of carbonyl (C=O) groups excluding carboxylic acids is 1. The lowest BCUT2D eigenvalue weighted by atomic mass is 10.1. The minimum absolute atomic E-state index is 0.189. The summed E-state index contributed by atoms with van der Waals surface area (Å²) in [6, 6.07) is 0. The van der Waals surface area contributed by atoms with Crippen molar-refractivity contribution in [3.05, 3.63) is 0 Å². The van der Waals surface area contributed by atoms with Gasteiger partial charge in [0.1, 0.15) is 0 Å². The molecule has 0 aliphatic heterocycles. The van der Waals surface area contributed by atoms with Crippen LogP contribution in [-0.4, -0.2) is 34.7 Å². The van der Waals surface area contributed by atoms with Crippen LogP contribution in [-0.2, 0) is 9.59 Å². The Labute approximate surface area is 94.8 Å². The molecule has 5 heteroatoms. The van der Waals surface area contributed by atoms with E-state index in [1.165, 1.54) is 0 Å². The lowest BCUT2D eigenvalue weighted by molar-refractivity contribution is -0.140. The molecule has 1 aliphatic carbocycles. The third-order valence-corrected chi connectivity index (χ3v) is 3.36. The van der Waals surface area contributed by atoms with Gasteiger partial charge in [0, 0.05) is 6.54 Å². The second kappa shape index (κ2) is 4.41. The Bertz CT molecular complexity index is 300. The molecule has 1 unspecified atom stereocenters. The first-order chi connectivity index (χ1) is 7.32. The third-order valence-electron chi connectivity index (χ3n) is 3.36. The summed E-state index contributed by atoms with van der Waals surface area (Å²) in [5.41, 5.74) is -0.479. The lowest BCUT2D eigenvalue weighted by Crippen LogP contribution is -2.34. The van der Waals surface area contributed by atoms with Gasteiger partial charge in [0.25, 0.3) is 0 Å². The number of hydrogen-bond acceptors (Lipinski definition) is 3. The lowest BCUT2D eigenvalue weighted by Gasteiger charge is -2.09. The molecule has 1 rings (SSSR count). The Morgan fingerprint density at radius 3 is 2.31 bits per heavy atom. The van der Waals surface area contributed by atoms with Gasteiger partial charge in [0.2, 0.25) is 5.91 Å². The zero-order valence-corrected chi connectivity index (χ0v) is 9.86. The molecule has 1 fully saturated rings. The van der Waals surface area contributed by atoms with Gasteiger partial charge in [0.15, 0.2) is 0 Å². The van der Waals surface area contributed by atoms with E-state index in [2.05, 4.69) is 5.32 Å². The second-order valence-electron chi connectivity index (χ2n) is 4.92. The third kappa shape index (κ3) is 2.35. The Hall–Kier alpha value is -1.10. The Morgan fingerprint density at radius 2 is 1.94 bits per heavy atom. The van der Waals surface area contributed by atoms with Crippen molar-refractivity contribution in [3.8, 4) is 0 Å². The fourth-order valence-electron chi connectivity index (χ4n) is 2.06. The number of carboxylic acids is 1. The molecule has 1 amide bonds. The number of nitrogens with one attached hydrogen (secondary N) is 1. The second-order valence-corrected chi connectivity index (χ2v) is 4.92. The summed E-state index contributed by atoms with van der Waals surface area (Å²) in [6.07, 6.45) is 0.00514. The molecule has 0 aromatic heterocycles. The summed E-state index contributed by atoms with van der Waals surface area (Å²) in [5.74, 6) is -2.29. The van der Waals surface area contributed by atoms with E-state index >= 15 is 0 Å². The molecule has 3 atom stereocenters. The molecular formula is C11H19NO4. The van der Waals surface area contributed by atoms with Gasteiger partial charge >= 0.3 is 5.97 Å². The summed E-state index contributed by atoms with van der Waals surface area (Å²) in [5, 5.41) is 20.8. The molecule has 0 radical (unpaired) electrons. The first-order valence-electron chi connectivity index (χ1n) is 5.51. The molecule has 1 saturated carbocycles. The summed E-state index contributed by atoms with van der Waals surface area (Å²) < 4.78 is 0. The zero-order valence-electron chi connectivity index (χ0n) is 9.86. The van der Waals surface area contributed by atoms with Crippen LogP contribution in [0.3, 0.4) is 0 Å². The summed E-state index contributed by atoms with van der Waals surface area (Å²) in [7, 11) is 0. The molecule has 0 aromatic carbocycles. The van der Waals surface area contributed by atoms with Crippen LogP contribution >= 0.6 is 0 Å². The molecule has 5 nitrogen and oxygen atoms in total. The van der Waals surface area contributed by atoms with E-state index in [0.717, 1.165) is 0 Å². The maximum atomic E-state index is 11.7. The predicted octanol–water partition coefficient (Wildman–Crippen LogP) is 0.230. The van der Waals surface area contributed by atoms with Crippen molar-refractivity contribution in [2.45, 2.75) is 33.3 Å². The van der Waals surface area contributed by atoms with Crippen molar-refractivity contribution >= 4 is 11.9 Å². The molecule has 1 aliphatic rings. The topological polar surface area (TPSA) is 86.6 Å². The first-order valence-corrected chi connectivity index (χ1v) is 5.51. The highest BCUT2D eigenvalue weighted by molar-refractivity contribution is 5.91. The molecule has 0 heterocycles. The Balaban J connectivity index is 2.48. The van der Waals surface area contributed by atoms with E-state index in [4.69, 9.17) is 5.11 Å². The largest absolute Gasteiger partial charge is 0.481 e. The maximum absolute atomic E-state index is 11.7. The summed E-state index contributed by atoms with van der Waals surface area (Å²) in [4.78, 5) is 22.5. The van der Waals surface area contributed by atoms with Crippen molar-refractivity contribution in [1.82, 2.24) is 5.32 Å². The van der Waals surface area contributed by atoms with Gasteiger partial charge < -0.3 is 15.5 Å². The Kier molecular flexibility index (Phi) is 3.57. The predicted molar refractivity (Wildman–Crippen MR) is 57.7 cm³/mol. The van der Waals surface area contributed by atoms with Gasteiger partial charge in [-0.2, -0.15) is 0 Å². The summed E-state index contributed by atoms with van der Waals surface area (Å²) in [6.45, 7) is 5.55. The highest BCUT2D eigenvalue weighted by atomic mass is 16.4. The van der Waals surface area contributed by atoms with Crippen LogP contribution < -0.4 is 5.32 Å². The van der Waals surface area contributed by atoms with E-state index in [9.17, 15) is 14.7 Å². The number of rotatable bonds is 5. The highest BCUT2D eigenvalue weighted by Crippen LogP contribution is 2.58. The quantitative estimate of drug-likeness (QED) is 0.630.